The molecule has 12 heavy (non-hydrogen) atoms. The second-order valence-electron chi connectivity index (χ2n) is 2.79. The molecule has 0 amide bonds. The topological polar surface area (TPSA) is 26.3 Å². The number of ether oxygens (including phenoxy) is 1. The fourth-order valence-electron chi connectivity index (χ4n) is 1.15. The number of fused-ring (bicyclic) bond motifs is 1. The molecule has 3 heteroatoms. The first-order valence-electron chi connectivity index (χ1n) is 4.00. The summed E-state index contributed by atoms with van der Waals surface area (Å²) < 4.78 is 4.15. The van der Waals surface area contributed by atoms with Crippen molar-refractivity contribution >= 4 is 6.47 Å². The molecule has 1 saturated carbocycles. The van der Waals surface area contributed by atoms with Crippen molar-refractivity contribution in [2.24, 2.45) is 11.8 Å². The van der Waals surface area contributed by atoms with E-state index in [0.717, 1.165) is 11.8 Å². The quantitative estimate of drug-likeness (QED) is 0.559. The van der Waals surface area contributed by atoms with Crippen LogP contribution in [0.3, 0.4) is 0 Å². The van der Waals surface area contributed by atoms with E-state index in [9.17, 15) is 4.79 Å². The van der Waals surface area contributed by atoms with Gasteiger partial charge in [-0.05, 0) is 13.3 Å². The molecule has 0 bridgehead atoms. The molecule has 1 fully saturated rings. The standard InChI is InChI=1S/C6H7.C3H6O2.Pt/c1-2-5-4-6(5)3-1;1-2-5-3-4;/h2,5-6H,3-4H2;3H,2H2,1H3;/q-1;;. The first-order chi connectivity index (χ1) is 5.38. The zero-order valence-corrected chi connectivity index (χ0v) is 9.34. The number of carbonyl (C=O) groups excluding carboxylic acids is 1. The van der Waals surface area contributed by atoms with E-state index in [-0.39, 0.29) is 21.1 Å². The molecule has 0 spiro atoms. The predicted molar refractivity (Wildman–Crippen MR) is 41.7 cm³/mol. The van der Waals surface area contributed by atoms with Crippen LogP contribution in [0.2, 0.25) is 0 Å². The van der Waals surface area contributed by atoms with Crippen molar-refractivity contribution in [3.8, 4) is 0 Å². The third-order valence-corrected chi connectivity index (χ3v) is 1.92. The molecule has 0 radical (unpaired) electrons. The Bertz CT molecular complexity index is 157. The molecule has 0 aromatic heterocycles. The van der Waals surface area contributed by atoms with Crippen LogP contribution >= 0.6 is 0 Å². The molecule has 0 heterocycles. The third-order valence-electron chi connectivity index (χ3n) is 1.92. The smallest absolute Gasteiger partial charge is 0.293 e. The summed E-state index contributed by atoms with van der Waals surface area (Å²) in [7, 11) is 0. The Morgan fingerprint density at radius 3 is 2.58 bits per heavy atom. The molecule has 0 N–H and O–H groups in total. The third kappa shape index (κ3) is 4.06. The van der Waals surface area contributed by atoms with Crippen LogP contribution in [0.4, 0.5) is 0 Å². The van der Waals surface area contributed by atoms with Gasteiger partial charge in [0.25, 0.3) is 6.47 Å². The zero-order valence-electron chi connectivity index (χ0n) is 7.06. The second-order valence-corrected chi connectivity index (χ2v) is 2.79. The second kappa shape index (κ2) is 6.42. The number of carbonyl (C=O) groups is 1. The van der Waals surface area contributed by atoms with Crippen LogP contribution in [-0.4, -0.2) is 13.1 Å². The van der Waals surface area contributed by atoms with Crippen LogP contribution in [0.5, 0.6) is 0 Å². The van der Waals surface area contributed by atoms with Gasteiger partial charge in [-0.1, -0.05) is 11.8 Å². The summed E-state index contributed by atoms with van der Waals surface area (Å²) in [4.78, 5) is 9.18. The van der Waals surface area contributed by atoms with Crippen molar-refractivity contribution < 1.29 is 30.6 Å². The molecule has 72 valence electrons. The van der Waals surface area contributed by atoms with Gasteiger partial charge in [0.2, 0.25) is 0 Å². The molecule has 2 aliphatic rings. The van der Waals surface area contributed by atoms with Gasteiger partial charge in [-0.25, -0.2) is 0 Å². The summed E-state index contributed by atoms with van der Waals surface area (Å²) in [6, 6.07) is 0. The van der Waals surface area contributed by atoms with Crippen molar-refractivity contribution in [1.82, 2.24) is 0 Å². The molecule has 0 saturated heterocycles. The fourth-order valence-corrected chi connectivity index (χ4v) is 1.15. The molecule has 0 aromatic rings. The number of hydrogen-bond donors (Lipinski definition) is 0. The Hall–Kier alpha value is -0.102. The van der Waals surface area contributed by atoms with Crippen LogP contribution < -0.4 is 0 Å². The van der Waals surface area contributed by atoms with Gasteiger partial charge in [-0.2, -0.15) is 6.42 Å². The van der Waals surface area contributed by atoms with Gasteiger partial charge < -0.3 is 10.8 Å². The van der Waals surface area contributed by atoms with Crippen molar-refractivity contribution in [1.29, 1.82) is 0 Å². The van der Waals surface area contributed by atoms with Crippen molar-refractivity contribution in [3.63, 3.8) is 0 Å². The van der Waals surface area contributed by atoms with Crippen LogP contribution in [0.25, 0.3) is 0 Å². The summed E-state index contributed by atoms with van der Waals surface area (Å²) in [5.41, 5.74) is 0. The largest absolute Gasteiger partial charge is 0.500 e. The number of rotatable bonds is 2. The van der Waals surface area contributed by atoms with E-state index in [1.165, 1.54) is 12.8 Å². The minimum atomic E-state index is 0. The van der Waals surface area contributed by atoms with E-state index < -0.39 is 0 Å². The van der Waals surface area contributed by atoms with E-state index in [1.807, 2.05) is 0 Å². The Balaban J connectivity index is 0.000000191. The monoisotopic (exact) mass is 348 g/mol. The van der Waals surface area contributed by atoms with Gasteiger partial charge >= 0.3 is 0 Å². The van der Waals surface area contributed by atoms with Gasteiger partial charge in [-0.15, -0.1) is 0 Å². The summed E-state index contributed by atoms with van der Waals surface area (Å²) in [6.07, 6.45) is 8.14. The van der Waals surface area contributed by atoms with Gasteiger partial charge in [0.05, 0.1) is 6.61 Å². The minimum Gasteiger partial charge on any atom is -0.500 e. The Morgan fingerprint density at radius 1 is 1.75 bits per heavy atom. The van der Waals surface area contributed by atoms with E-state index >= 15 is 0 Å². The summed E-state index contributed by atoms with van der Waals surface area (Å²) in [5.74, 6) is 2.02. The Labute approximate surface area is 87.6 Å². The average molecular weight is 348 g/mol. The van der Waals surface area contributed by atoms with Crippen molar-refractivity contribution in [3.05, 3.63) is 12.2 Å². The molecule has 0 aromatic carbocycles. The normalized spacial score (nSPS) is 27.4. The van der Waals surface area contributed by atoms with Crippen LogP contribution in [0, 0.1) is 17.9 Å². The fraction of sp³-hybridized carbons (Fsp3) is 0.667. The van der Waals surface area contributed by atoms with Crippen LogP contribution in [0.15, 0.2) is 6.08 Å². The molecule has 0 aliphatic heterocycles. The first-order valence-corrected chi connectivity index (χ1v) is 4.00. The van der Waals surface area contributed by atoms with E-state index in [0.29, 0.717) is 13.1 Å². The Morgan fingerprint density at radius 2 is 2.50 bits per heavy atom. The molecule has 2 atom stereocenters. The minimum absolute atomic E-state index is 0. The van der Waals surface area contributed by atoms with Gasteiger partial charge in [-0.3, -0.25) is 10.9 Å². The summed E-state index contributed by atoms with van der Waals surface area (Å²) in [6.45, 7) is 2.66. The van der Waals surface area contributed by atoms with Gasteiger partial charge in [0.1, 0.15) is 0 Å². The van der Waals surface area contributed by atoms with Crippen molar-refractivity contribution in [2.45, 2.75) is 19.8 Å². The first kappa shape index (κ1) is 11.9. The maximum absolute atomic E-state index is 9.18. The van der Waals surface area contributed by atoms with Gasteiger partial charge in [0, 0.05) is 21.1 Å². The Kier molecular flexibility index (Phi) is 6.36. The number of allylic oxidation sites excluding steroid dienone is 2. The number of hydrogen-bond acceptors (Lipinski definition) is 2. The van der Waals surface area contributed by atoms with E-state index in [1.54, 1.807) is 6.92 Å². The van der Waals surface area contributed by atoms with Crippen LogP contribution in [0.1, 0.15) is 19.8 Å². The molecule has 2 rings (SSSR count). The van der Waals surface area contributed by atoms with Crippen LogP contribution in [-0.2, 0) is 30.6 Å². The van der Waals surface area contributed by atoms with E-state index in [4.69, 9.17) is 0 Å². The van der Waals surface area contributed by atoms with Gasteiger partial charge in [0.15, 0.2) is 0 Å². The summed E-state index contributed by atoms with van der Waals surface area (Å²) in [5, 5.41) is 0. The SMILES string of the molecule is CCOC=O.[C-]1=CC2CC2C1.[Pt]. The molecule has 2 nitrogen and oxygen atoms in total. The average Bonchev–Trinajstić information content (AvgIpc) is 2.62. The molecular formula is C9H13O2Pt-. The maximum Gasteiger partial charge on any atom is 0.293 e. The van der Waals surface area contributed by atoms with E-state index in [2.05, 4.69) is 16.9 Å². The maximum atomic E-state index is 9.18. The molecule has 2 unspecified atom stereocenters. The predicted octanol–water partition coefficient (Wildman–Crippen LogP) is 1.56. The zero-order chi connectivity index (χ0) is 8.10. The molecular weight excluding hydrogens is 335 g/mol. The summed E-state index contributed by atoms with van der Waals surface area (Å²) >= 11 is 0. The van der Waals surface area contributed by atoms with Crippen molar-refractivity contribution in [2.75, 3.05) is 6.61 Å². The molecule has 2 aliphatic carbocycles.